The Kier molecular flexibility index (Phi) is 5.56. The van der Waals surface area contributed by atoms with E-state index in [0.717, 1.165) is 17.5 Å². The van der Waals surface area contributed by atoms with Crippen LogP contribution >= 0.6 is 0 Å². The number of carbonyl (C=O) groups is 1. The van der Waals surface area contributed by atoms with Gasteiger partial charge in [-0.3, -0.25) is 0 Å². The first kappa shape index (κ1) is 15.3. The minimum atomic E-state index is -0.265. The van der Waals surface area contributed by atoms with Crippen LogP contribution in [0.3, 0.4) is 0 Å². The maximum atomic E-state index is 11.8. The number of benzene rings is 2. The molecule has 0 atom stereocenters. The average Bonchev–Trinajstić information content (AvgIpc) is 2.54. The molecule has 110 valence electrons. The second kappa shape index (κ2) is 7.63. The predicted molar refractivity (Wildman–Crippen MR) is 86.4 cm³/mol. The molecule has 21 heavy (non-hydrogen) atoms. The average molecular weight is 282 g/mol. The molecule has 0 aliphatic carbocycles. The van der Waals surface area contributed by atoms with Crippen LogP contribution in [0.25, 0.3) is 11.1 Å². The lowest BCUT2D eigenvalue weighted by molar-refractivity contribution is 0.0526. The van der Waals surface area contributed by atoms with Crippen LogP contribution in [0, 0.1) is 0 Å². The van der Waals surface area contributed by atoms with E-state index in [1.54, 1.807) is 6.07 Å². The Morgan fingerprint density at radius 3 is 2.43 bits per heavy atom. The molecule has 0 aromatic heterocycles. The van der Waals surface area contributed by atoms with Crippen LogP contribution in [0.15, 0.2) is 48.5 Å². The second-order valence-corrected chi connectivity index (χ2v) is 5.10. The molecule has 0 unspecified atom stereocenters. The van der Waals surface area contributed by atoms with Crippen LogP contribution in [0.5, 0.6) is 0 Å². The Bertz CT molecular complexity index is 585. The van der Waals surface area contributed by atoms with Crippen LogP contribution < -0.4 is 0 Å². The van der Waals surface area contributed by atoms with E-state index in [9.17, 15) is 4.79 Å². The summed E-state index contributed by atoms with van der Waals surface area (Å²) in [4.78, 5) is 11.8. The quantitative estimate of drug-likeness (QED) is 0.706. The third-order valence-electron chi connectivity index (χ3n) is 3.48. The molecule has 2 aromatic rings. The fraction of sp³-hybridized carbons (Fsp3) is 0.316. The molecular weight excluding hydrogens is 260 g/mol. The number of aryl methyl sites for hydroxylation is 1. The van der Waals surface area contributed by atoms with E-state index < -0.39 is 0 Å². The highest BCUT2D eigenvalue weighted by Gasteiger charge is 2.07. The molecule has 0 aliphatic rings. The van der Waals surface area contributed by atoms with Gasteiger partial charge < -0.3 is 4.74 Å². The summed E-state index contributed by atoms with van der Waals surface area (Å²) in [5.74, 6) is -0.265. The maximum Gasteiger partial charge on any atom is 0.338 e. The number of ether oxygens (including phenoxy) is 1. The van der Waals surface area contributed by atoms with Crippen molar-refractivity contribution < 1.29 is 9.53 Å². The summed E-state index contributed by atoms with van der Waals surface area (Å²) in [7, 11) is 0. The van der Waals surface area contributed by atoms with Crippen LogP contribution in [0.2, 0.25) is 0 Å². The lowest BCUT2D eigenvalue weighted by Gasteiger charge is -2.07. The van der Waals surface area contributed by atoms with Crippen molar-refractivity contribution in [3.05, 3.63) is 59.7 Å². The summed E-state index contributed by atoms with van der Waals surface area (Å²) in [6.45, 7) is 4.42. The van der Waals surface area contributed by atoms with Crippen molar-refractivity contribution in [3.8, 4) is 11.1 Å². The third kappa shape index (κ3) is 4.19. The number of hydrogen-bond donors (Lipinski definition) is 0. The SMILES string of the molecule is CCCCc1ccc(-c2cccc(C(=O)OCC)c2)cc1. The van der Waals surface area contributed by atoms with Crippen molar-refractivity contribution in [2.24, 2.45) is 0 Å². The minimum Gasteiger partial charge on any atom is -0.462 e. The van der Waals surface area contributed by atoms with Crippen molar-refractivity contribution in [3.63, 3.8) is 0 Å². The molecule has 0 saturated heterocycles. The van der Waals surface area contributed by atoms with E-state index in [1.165, 1.54) is 18.4 Å². The minimum absolute atomic E-state index is 0.265. The van der Waals surface area contributed by atoms with Gasteiger partial charge in [-0.25, -0.2) is 4.79 Å². The molecule has 0 bridgehead atoms. The molecule has 2 aromatic carbocycles. The molecule has 2 nitrogen and oxygen atoms in total. The van der Waals surface area contributed by atoms with Crippen molar-refractivity contribution in [2.45, 2.75) is 33.1 Å². The molecule has 0 radical (unpaired) electrons. The fourth-order valence-corrected chi connectivity index (χ4v) is 2.28. The first-order chi connectivity index (χ1) is 10.2. The number of rotatable bonds is 6. The molecule has 0 saturated carbocycles. The van der Waals surface area contributed by atoms with Crippen LogP contribution in [0.4, 0.5) is 0 Å². The highest BCUT2D eigenvalue weighted by Crippen LogP contribution is 2.22. The van der Waals surface area contributed by atoms with Crippen LogP contribution in [0.1, 0.15) is 42.6 Å². The summed E-state index contributed by atoms with van der Waals surface area (Å²) in [5, 5.41) is 0. The zero-order valence-electron chi connectivity index (χ0n) is 12.8. The van der Waals surface area contributed by atoms with Gasteiger partial charge >= 0.3 is 5.97 Å². The van der Waals surface area contributed by atoms with Crippen LogP contribution in [-0.4, -0.2) is 12.6 Å². The summed E-state index contributed by atoms with van der Waals surface area (Å²) in [6.07, 6.45) is 3.56. The Morgan fingerprint density at radius 2 is 1.76 bits per heavy atom. The normalized spacial score (nSPS) is 10.4. The van der Waals surface area contributed by atoms with Gasteiger partial charge in [0, 0.05) is 0 Å². The van der Waals surface area contributed by atoms with Gasteiger partial charge in [0.15, 0.2) is 0 Å². The largest absolute Gasteiger partial charge is 0.462 e. The molecule has 0 heterocycles. The van der Waals surface area contributed by atoms with Gasteiger partial charge in [0.2, 0.25) is 0 Å². The van der Waals surface area contributed by atoms with Gasteiger partial charge in [-0.2, -0.15) is 0 Å². The molecular formula is C19H22O2. The van der Waals surface area contributed by atoms with Gasteiger partial charge in [-0.1, -0.05) is 49.7 Å². The number of hydrogen-bond acceptors (Lipinski definition) is 2. The Hall–Kier alpha value is -2.09. The van der Waals surface area contributed by atoms with E-state index in [0.29, 0.717) is 12.2 Å². The summed E-state index contributed by atoms with van der Waals surface area (Å²) in [6, 6.07) is 16.2. The molecule has 0 fully saturated rings. The zero-order chi connectivity index (χ0) is 15.1. The predicted octanol–water partition coefficient (Wildman–Crippen LogP) is 4.87. The fourth-order valence-electron chi connectivity index (χ4n) is 2.28. The Morgan fingerprint density at radius 1 is 1.00 bits per heavy atom. The van der Waals surface area contributed by atoms with Crippen molar-refractivity contribution in [2.75, 3.05) is 6.61 Å². The Labute approximate surface area is 126 Å². The smallest absolute Gasteiger partial charge is 0.338 e. The molecule has 0 N–H and O–H groups in total. The Balaban J connectivity index is 2.17. The zero-order valence-corrected chi connectivity index (χ0v) is 12.8. The first-order valence-electron chi connectivity index (χ1n) is 7.61. The summed E-state index contributed by atoms with van der Waals surface area (Å²) in [5.41, 5.74) is 4.13. The molecule has 2 rings (SSSR count). The highest BCUT2D eigenvalue weighted by atomic mass is 16.5. The number of carbonyl (C=O) groups excluding carboxylic acids is 1. The first-order valence-corrected chi connectivity index (χ1v) is 7.61. The van der Waals surface area contributed by atoms with Gasteiger partial charge in [-0.15, -0.1) is 0 Å². The van der Waals surface area contributed by atoms with Gasteiger partial charge in [0.1, 0.15) is 0 Å². The summed E-state index contributed by atoms with van der Waals surface area (Å²) >= 11 is 0. The van der Waals surface area contributed by atoms with Crippen molar-refractivity contribution in [1.82, 2.24) is 0 Å². The summed E-state index contributed by atoms with van der Waals surface area (Å²) < 4.78 is 5.04. The van der Waals surface area contributed by atoms with E-state index in [2.05, 4.69) is 31.2 Å². The van der Waals surface area contributed by atoms with E-state index in [4.69, 9.17) is 4.74 Å². The van der Waals surface area contributed by atoms with Crippen molar-refractivity contribution >= 4 is 5.97 Å². The molecule has 0 aliphatic heterocycles. The van der Waals surface area contributed by atoms with Gasteiger partial charge in [-0.05, 0) is 48.6 Å². The third-order valence-corrected chi connectivity index (χ3v) is 3.48. The molecule has 0 amide bonds. The van der Waals surface area contributed by atoms with E-state index in [1.807, 2.05) is 25.1 Å². The van der Waals surface area contributed by atoms with Crippen LogP contribution in [-0.2, 0) is 11.2 Å². The molecule has 2 heteroatoms. The number of esters is 1. The highest BCUT2D eigenvalue weighted by molar-refractivity contribution is 5.91. The monoisotopic (exact) mass is 282 g/mol. The molecule has 0 spiro atoms. The van der Waals surface area contributed by atoms with Gasteiger partial charge in [0.25, 0.3) is 0 Å². The second-order valence-electron chi connectivity index (χ2n) is 5.10. The standard InChI is InChI=1S/C19H22O2/c1-3-5-7-15-10-12-16(13-11-15)17-8-6-9-18(14-17)19(20)21-4-2/h6,8-14H,3-5,7H2,1-2H3. The topological polar surface area (TPSA) is 26.3 Å². The van der Waals surface area contributed by atoms with E-state index >= 15 is 0 Å². The van der Waals surface area contributed by atoms with E-state index in [-0.39, 0.29) is 5.97 Å². The van der Waals surface area contributed by atoms with Gasteiger partial charge in [0.05, 0.1) is 12.2 Å². The van der Waals surface area contributed by atoms with Crippen molar-refractivity contribution in [1.29, 1.82) is 0 Å². The lowest BCUT2D eigenvalue weighted by atomic mass is 10.0. The lowest BCUT2D eigenvalue weighted by Crippen LogP contribution is -2.04. The maximum absolute atomic E-state index is 11.8. The number of unbranched alkanes of at least 4 members (excludes halogenated alkanes) is 1.